The van der Waals surface area contributed by atoms with E-state index in [2.05, 4.69) is 71.7 Å². The molecule has 7 heteroatoms. The predicted molar refractivity (Wildman–Crippen MR) is 137 cm³/mol. The normalized spacial score (nSPS) is 19.1. The molecule has 2 aromatic heterocycles. The Morgan fingerprint density at radius 2 is 1.94 bits per heavy atom. The summed E-state index contributed by atoms with van der Waals surface area (Å²) in [6, 6.07) is 8.37. The molecule has 0 aliphatic carbocycles. The molecule has 3 aromatic rings. The van der Waals surface area contributed by atoms with E-state index in [0.717, 1.165) is 74.0 Å². The number of amides is 2. The molecule has 2 fully saturated rings. The second kappa shape index (κ2) is 8.95. The van der Waals surface area contributed by atoms with Gasteiger partial charge in [-0.05, 0) is 54.0 Å². The number of fused-ring (bicyclic) bond motifs is 1. The van der Waals surface area contributed by atoms with Gasteiger partial charge in [-0.25, -0.2) is 9.78 Å². The highest BCUT2D eigenvalue weighted by Crippen LogP contribution is 2.35. The van der Waals surface area contributed by atoms with E-state index in [1.807, 2.05) is 23.4 Å². The van der Waals surface area contributed by atoms with Crippen molar-refractivity contribution in [2.75, 3.05) is 49.6 Å². The van der Waals surface area contributed by atoms with Crippen LogP contribution in [0, 0.1) is 18.3 Å². The number of rotatable bonds is 3. The van der Waals surface area contributed by atoms with Crippen LogP contribution < -0.4 is 10.2 Å². The first-order valence-corrected chi connectivity index (χ1v) is 12.3. The van der Waals surface area contributed by atoms with E-state index in [-0.39, 0.29) is 11.4 Å². The lowest BCUT2D eigenvalue weighted by atomic mass is 9.80. The lowest BCUT2D eigenvalue weighted by Gasteiger charge is -2.29. The van der Waals surface area contributed by atoms with Gasteiger partial charge in [-0.15, -0.1) is 0 Å². The molecule has 5 rings (SSSR count). The zero-order chi connectivity index (χ0) is 23.9. The third-order valence-electron chi connectivity index (χ3n) is 7.32. The SMILES string of the molecule is Cc1ccc(NC(=O)N2CCC(C(C)(C)C)C2)cc1-c1cc(N2CCOCC2)c2nccn2c1. The number of carbonyl (C=O) groups excluding carboxylic acids is 1. The van der Waals surface area contributed by atoms with Crippen LogP contribution in [0.3, 0.4) is 0 Å². The fourth-order valence-electron chi connectivity index (χ4n) is 5.06. The van der Waals surface area contributed by atoms with Crippen LogP contribution in [0.5, 0.6) is 0 Å². The molecule has 0 bridgehead atoms. The van der Waals surface area contributed by atoms with Gasteiger partial charge in [0.15, 0.2) is 5.65 Å². The maximum Gasteiger partial charge on any atom is 0.321 e. The van der Waals surface area contributed by atoms with Crippen LogP contribution in [0.4, 0.5) is 16.2 Å². The number of nitrogens with one attached hydrogen (secondary N) is 1. The standard InChI is InChI=1S/C27H35N5O2/c1-19-5-6-22(29-26(33)32-9-7-21(18-32)27(2,3)4)16-23(19)20-15-24(30-11-13-34-14-12-30)25-28-8-10-31(25)17-20/h5-6,8,10,15-17,21H,7,9,11-14,18H2,1-4H3,(H,29,33). The Labute approximate surface area is 201 Å². The van der Waals surface area contributed by atoms with E-state index >= 15 is 0 Å². The number of benzene rings is 1. The predicted octanol–water partition coefficient (Wildman–Crippen LogP) is 5.05. The molecule has 1 atom stereocenters. The third-order valence-corrected chi connectivity index (χ3v) is 7.32. The van der Waals surface area contributed by atoms with E-state index in [1.54, 1.807) is 0 Å². The Balaban J connectivity index is 1.41. The lowest BCUT2D eigenvalue weighted by molar-refractivity contribution is 0.123. The van der Waals surface area contributed by atoms with Gasteiger partial charge in [0.25, 0.3) is 0 Å². The summed E-state index contributed by atoms with van der Waals surface area (Å²) in [6.45, 7) is 13.7. The van der Waals surface area contributed by atoms with Gasteiger partial charge >= 0.3 is 6.03 Å². The van der Waals surface area contributed by atoms with Crippen LogP contribution in [0.2, 0.25) is 0 Å². The fourth-order valence-corrected chi connectivity index (χ4v) is 5.06. The summed E-state index contributed by atoms with van der Waals surface area (Å²) >= 11 is 0. The molecule has 2 saturated heterocycles. The molecule has 7 nitrogen and oxygen atoms in total. The van der Waals surface area contributed by atoms with E-state index < -0.39 is 0 Å². The van der Waals surface area contributed by atoms with Crippen LogP contribution in [0.25, 0.3) is 16.8 Å². The van der Waals surface area contributed by atoms with Crippen molar-refractivity contribution in [2.24, 2.45) is 11.3 Å². The summed E-state index contributed by atoms with van der Waals surface area (Å²) < 4.78 is 7.64. The van der Waals surface area contributed by atoms with Gasteiger partial charge in [-0.3, -0.25) is 0 Å². The Morgan fingerprint density at radius 3 is 2.68 bits per heavy atom. The van der Waals surface area contributed by atoms with Gasteiger partial charge in [-0.2, -0.15) is 0 Å². The fraction of sp³-hybridized carbons (Fsp3) is 0.481. The Hall–Kier alpha value is -3.06. The molecule has 0 radical (unpaired) electrons. The van der Waals surface area contributed by atoms with Crippen LogP contribution in [-0.2, 0) is 4.74 Å². The second-order valence-electron chi connectivity index (χ2n) is 10.6. The van der Waals surface area contributed by atoms with E-state index in [1.165, 1.54) is 5.56 Å². The highest BCUT2D eigenvalue weighted by Gasteiger charge is 2.33. The number of ether oxygens (including phenoxy) is 1. The van der Waals surface area contributed by atoms with Crippen molar-refractivity contribution < 1.29 is 9.53 Å². The first kappa shape index (κ1) is 22.7. The number of hydrogen-bond donors (Lipinski definition) is 1. The number of pyridine rings is 1. The number of aromatic nitrogens is 2. The first-order chi connectivity index (χ1) is 16.3. The summed E-state index contributed by atoms with van der Waals surface area (Å²) in [5.41, 5.74) is 6.49. The van der Waals surface area contributed by atoms with Gasteiger partial charge in [0.2, 0.25) is 0 Å². The molecule has 1 unspecified atom stereocenters. The smallest absolute Gasteiger partial charge is 0.321 e. The van der Waals surface area contributed by atoms with E-state index in [0.29, 0.717) is 5.92 Å². The molecule has 0 spiro atoms. The Kier molecular flexibility index (Phi) is 5.98. The maximum absolute atomic E-state index is 13.0. The van der Waals surface area contributed by atoms with E-state index in [9.17, 15) is 4.79 Å². The van der Waals surface area contributed by atoms with Crippen molar-refractivity contribution in [3.63, 3.8) is 0 Å². The van der Waals surface area contributed by atoms with Crippen molar-refractivity contribution in [3.8, 4) is 11.1 Å². The van der Waals surface area contributed by atoms with Gasteiger partial charge in [0.05, 0.1) is 18.9 Å². The molecule has 4 heterocycles. The van der Waals surface area contributed by atoms with Gasteiger partial charge in [0.1, 0.15) is 0 Å². The van der Waals surface area contributed by atoms with Crippen LogP contribution in [-0.4, -0.2) is 59.7 Å². The van der Waals surface area contributed by atoms with Crippen molar-refractivity contribution in [1.29, 1.82) is 0 Å². The lowest BCUT2D eigenvalue weighted by Crippen LogP contribution is -2.36. The summed E-state index contributed by atoms with van der Waals surface area (Å²) in [6.07, 6.45) is 7.01. The largest absolute Gasteiger partial charge is 0.378 e. The summed E-state index contributed by atoms with van der Waals surface area (Å²) in [5, 5.41) is 3.14. The summed E-state index contributed by atoms with van der Waals surface area (Å²) in [4.78, 5) is 21.9. The number of hydrogen-bond acceptors (Lipinski definition) is 4. The zero-order valence-corrected chi connectivity index (χ0v) is 20.7. The van der Waals surface area contributed by atoms with Crippen LogP contribution >= 0.6 is 0 Å². The quantitative estimate of drug-likeness (QED) is 0.593. The number of urea groups is 1. The summed E-state index contributed by atoms with van der Waals surface area (Å²) in [5.74, 6) is 0.535. The highest BCUT2D eigenvalue weighted by molar-refractivity contribution is 5.91. The van der Waals surface area contributed by atoms with Crippen molar-refractivity contribution in [1.82, 2.24) is 14.3 Å². The number of aryl methyl sites for hydroxylation is 1. The number of morpholine rings is 1. The third kappa shape index (κ3) is 4.49. The average molecular weight is 462 g/mol. The zero-order valence-electron chi connectivity index (χ0n) is 20.7. The van der Waals surface area contributed by atoms with Gasteiger partial charge in [0, 0.05) is 56.0 Å². The van der Waals surface area contributed by atoms with Gasteiger partial charge < -0.3 is 24.3 Å². The topological polar surface area (TPSA) is 62.1 Å². The number of nitrogens with zero attached hydrogens (tertiary/aromatic N) is 4. The van der Waals surface area contributed by atoms with Crippen LogP contribution in [0.1, 0.15) is 32.8 Å². The monoisotopic (exact) mass is 461 g/mol. The minimum absolute atomic E-state index is 0.0133. The number of anilines is 2. The summed E-state index contributed by atoms with van der Waals surface area (Å²) in [7, 11) is 0. The Bertz CT molecular complexity index is 1190. The molecule has 34 heavy (non-hydrogen) atoms. The number of imidazole rings is 1. The van der Waals surface area contributed by atoms with E-state index in [4.69, 9.17) is 4.74 Å². The van der Waals surface area contributed by atoms with Crippen molar-refractivity contribution >= 4 is 23.1 Å². The Morgan fingerprint density at radius 1 is 1.15 bits per heavy atom. The molecule has 2 aliphatic rings. The van der Waals surface area contributed by atoms with Crippen LogP contribution in [0.15, 0.2) is 42.9 Å². The van der Waals surface area contributed by atoms with Crippen molar-refractivity contribution in [2.45, 2.75) is 34.1 Å². The minimum Gasteiger partial charge on any atom is -0.378 e. The molecule has 1 aromatic carbocycles. The number of likely N-dealkylation sites (tertiary alicyclic amines) is 1. The molecule has 2 aliphatic heterocycles. The maximum atomic E-state index is 13.0. The highest BCUT2D eigenvalue weighted by atomic mass is 16.5. The first-order valence-electron chi connectivity index (χ1n) is 12.3. The number of carbonyl (C=O) groups is 1. The minimum atomic E-state index is -0.0133. The van der Waals surface area contributed by atoms with Crippen molar-refractivity contribution in [3.05, 3.63) is 48.4 Å². The average Bonchev–Trinajstić information content (AvgIpc) is 3.50. The molecular formula is C27H35N5O2. The molecule has 2 amide bonds. The second-order valence-corrected chi connectivity index (χ2v) is 10.6. The molecule has 180 valence electrons. The molecule has 1 N–H and O–H groups in total. The van der Waals surface area contributed by atoms with Gasteiger partial charge in [-0.1, -0.05) is 26.8 Å². The molecular weight excluding hydrogens is 426 g/mol. The molecule has 0 saturated carbocycles.